The summed E-state index contributed by atoms with van der Waals surface area (Å²) in [5.41, 5.74) is 0.539. The summed E-state index contributed by atoms with van der Waals surface area (Å²) < 4.78 is 1.72. The van der Waals surface area contributed by atoms with Crippen molar-refractivity contribution in [3.05, 3.63) is 22.3 Å². The van der Waals surface area contributed by atoms with E-state index in [1.807, 2.05) is 6.92 Å². The standard InChI is InChI=1S/C16H20Cl2N4OS/c1-9-5-3-4-6-13(9)19-15(23)10(2)24-16-21-20-14-12(18)7-11(17)8-22(14)16/h7-10,13H,3-6H2,1-2H3,(H,19,23). The number of halogens is 2. The normalized spacial score (nSPS) is 22.5. The smallest absolute Gasteiger partial charge is 0.233 e. The third-order valence-corrected chi connectivity index (χ3v) is 6.03. The lowest BCUT2D eigenvalue weighted by molar-refractivity contribution is -0.121. The SMILES string of the molecule is CC(Sc1nnc2c(Cl)cc(Cl)cn12)C(=O)NC1CCCCC1C. The molecule has 5 nitrogen and oxygen atoms in total. The second-order valence-electron chi connectivity index (χ2n) is 6.32. The van der Waals surface area contributed by atoms with Crippen LogP contribution >= 0.6 is 35.0 Å². The number of carbonyl (C=O) groups is 1. The van der Waals surface area contributed by atoms with Gasteiger partial charge in [0.15, 0.2) is 10.8 Å². The van der Waals surface area contributed by atoms with E-state index >= 15 is 0 Å². The minimum absolute atomic E-state index is 0.0311. The van der Waals surface area contributed by atoms with Crippen LogP contribution in [0.25, 0.3) is 5.65 Å². The van der Waals surface area contributed by atoms with E-state index in [1.165, 1.54) is 31.0 Å². The van der Waals surface area contributed by atoms with E-state index in [9.17, 15) is 4.79 Å². The number of thioether (sulfide) groups is 1. The van der Waals surface area contributed by atoms with Crippen molar-refractivity contribution in [2.24, 2.45) is 5.92 Å². The lowest BCUT2D eigenvalue weighted by atomic mass is 9.86. The Morgan fingerprint density at radius 1 is 1.38 bits per heavy atom. The molecular formula is C16H20Cl2N4OS. The van der Waals surface area contributed by atoms with Gasteiger partial charge in [-0.15, -0.1) is 10.2 Å². The fourth-order valence-corrected chi connectivity index (χ4v) is 4.37. The number of rotatable bonds is 4. The van der Waals surface area contributed by atoms with E-state index in [4.69, 9.17) is 23.2 Å². The van der Waals surface area contributed by atoms with Gasteiger partial charge in [-0.1, -0.05) is 54.7 Å². The van der Waals surface area contributed by atoms with Crippen LogP contribution in [0.1, 0.15) is 39.5 Å². The van der Waals surface area contributed by atoms with E-state index in [1.54, 1.807) is 16.7 Å². The van der Waals surface area contributed by atoms with Gasteiger partial charge in [0.05, 0.1) is 15.3 Å². The number of pyridine rings is 1. The molecule has 24 heavy (non-hydrogen) atoms. The van der Waals surface area contributed by atoms with Crippen LogP contribution in [-0.4, -0.2) is 31.8 Å². The van der Waals surface area contributed by atoms with E-state index < -0.39 is 0 Å². The van der Waals surface area contributed by atoms with Crippen LogP contribution in [0.4, 0.5) is 0 Å². The second-order valence-corrected chi connectivity index (χ2v) is 8.47. The van der Waals surface area contributed by atoms with Gasteiger partial charge in [0, 0.05) is 12.2 Å². The minimum Gasteiger partial charge on any atom is -0.352 e. The molecule has 1 N–H and O–H groups in total. The van der Waals surface area contributed by atoms with Crippen LogP contribution in [-0.2, 0) is 4.79 Å². The molecule has 0 spiro atoms. The molecular weight excluding hydrogens is 367 g/mol. The molecule has 3 unspecified atom stereocenters. The van der Waals surface area contributed by atoms with Crippen LogP contribution in [0.5, 0.6) is 0 Å². The molecule has 0 aromatic carbocycles. The summed E-state index contributed by atoms with van der Waals surface area (Å²) in [4.78, 5) is 12.5. The predicted octanol–water partition coefficient (Wildman–Crippen LogP) is 4.21. The summed E-state index contributed by atoms with van der Waals surface area (Å²) in [7, 11) is 0. The fraction of sp³-hybridized carbons (Fsp3) is 0.562. The third kappa shape index (κ3) is 3.81. The zero-order valence-corrected chi connectivity index (χ0v) is 16.0. The van der Waals surface area contributed by atoms with Crippen molar-refractivity contribution in [2.75, 3.05) is 0 Å². The molecule has 0 bridgehead atoms. The molecule has 8 heteroatoms. The molecule has 2 heterocycles. The van der Waals surface area contributed by atoms with Crippen molar-refractivity contribution in [1.29, 1.82) is 0 Å². The maximum absolute atomic E-state index is 12.5. The largest absolute Gasteiger partial charge is 0.352 e. The first-order valence-corrected chi connectivity index (χ1v) is 9.76. The second kappa shape index (κ2) is 7.50. The highest BCUT2D eigenvalue weighted by atomic mass is 35.5. The summed E-state index contributed by atoms with van der Waals surface area (Å²) in [6, 6.07) is 1.90. The number of amides is 1. The average molecular weight is 387 g/mol. The highest BCUT2D eigenvalue weighted by Gasteiger charge is 2.26. The molecule has 2 aromatic rings. The van der Waals surface area contributed by atoms with Gasteiger partial charge in [-0.2, -0.15) is 0 Å². The molecule has 1 saturated carbocycles. The number of hydrogen-bond acceptors (Lipinski definition) is 4. The fourth-order valence-electron chi connectivity index (χ4n) is 3.03. The first-order chi connectivity index (χ1) is 11.5. The van der Waals surface area contributed by atoms with Crippen molar-refractivity contribution >= 4 is 46.5 Å². The Labute approximate surface area is 155 Å². The highest BCUT2D eigenvalue weighted by Crippen LogP contribution is 2.28. The van der Waals surface area contributed by atoms with Crippen molar-refractivity contribution in [1.82, 2.24) is 19.9 Å². The number of aromatic nitrogens is 3. The third-order valence-electron chi connectivity index (χ3n) is 4.49. The quantitative estimate of drug-likeness (QED) is 0.799. The summed E-state index contributed by atoms with van der Waals surface area (Å²) in [6.07, 6.45) is 6.38. The Morgan fingerprint density at radius 2 is 2.12 bits per heavy atom. The topological polar surface area (TPSA) is 59.3 Å². The van der Waals surface area contributed by atoms with E-state index in [0.29, 0.717) is 26.8 Å². The summed E-state index contributed by atoms with van der Waals surface area (Å²) >= 11 is 13.5. The van der Waals surface area contributed by atoms with Gasteiger partial charge >= 0.3 is 0 Å². The molecule has 0 saturated heterocycles. The van der Waals surface area contributed by atoms with Crippen molar-refractivity contribution in [3.63, 3.8) is 0 Å². The predicted molar refractivity (Wildman–Crippen MR) is 97.9 cm³/mol. The molecule has 1 aliphatic carbocycles. The van der Waals surface area contributed by atoms with Crippen LogP contribution < -0.4 is 5.32 Å². The molecule has 1 fully saturated rings. The molecule has 1 aliphatic rings. The van der Waals surface area contributed by atoms with Crippen LogP contribution in [0.15, 0.2) is 17.4 Å². The Kier molecular flexibility index (Phi) is 5.57. The Bertz CT molecular complexity index is 751. The first kappa shape index (κ1) is 17.8. The van der Waals surface area contributed by atoms with Crippen LogP contribution in [0, 0.1) is 5.92 Å². The number of carbonyl (C=O) groups excluding carboxylic acids is 1. The van der Waals surface area contributed by atoms with Gasteiger partial charge in [-0.3, -0.25) is 9.20 Å². The van der Waals surface area contributed by atoms with E-state index in [0.717, 1.165) is 6.42 Å². The van der Waals surface area contributed by atoms with Gasteiger partial charge in [-0.05, 0) is 31.7 Å². The lowest BCUT2D eigenvalue weighted by Gasteiger charge is -2.30. The van der Waals surface area contributed by atoms with Crippen molar-refractivity contribution in [2.45, 2.75) is 56.0 Å². The maximum Gasteiger partial charge on any atom is 0.233 e. The zero-order valence-electron chi connectivity index (χ0n) is 13.6. The van der Waals surface area contributed by atoms with Gasteiger partial charge in [0.25, 0.3) is 0 Å². The number of hydrogen-bond donors (Lipinski definition) is 1. The van der Waals surface area contributed by atoms with Crippen LogP contribution in [0.2, 0.25) is 10.0 Å². The van der Waals surface area contributed by atoms with Gasteiger partial charge in [0.2, 0.25) is 5.91 Å². The molecule has 3 rings (SSSR count). The number of fused-ring (bicyclic) bond motifs is 1. The number of nitrogens with zero attached hydrogens (tertiary/aromatic N) is 3. The van der Waals surface area contributed by atoms with Crippen molar-refractivity contribution in [3.8, 4) is 0 Å². The molecule has 1 amide bonds. The summed E-state index contributed by atoms with van der Waals surface area (Å²) in [5.74, 6) is 0.565. The van der Waals surface area contributed by atoms with Gasteiger partial charge < -0.3 is 5.32 Å². The Hall–Kier alpha value is -0.980. The summed E-state index contributed by atoms with van der Waals surface area (Å²) in [5, 5.41) is 12.7. The highest BCUT2D eigenvalue weighted by molar-refractivity contribution is 8.00. The van der Waals surface area contributed by atoms with Gasteiger partial charge in [0.1, 0.15) is 0 Å². The monoisotopic (exact) mass is 386 g/mol. The lowest BCUT2D eigenvalue weighted by Crippen LogP contribution is -2.44. The van der Waals surface area contributed by atoms with E-state index in [2.05, 4.69) is 22.4 Å². The van der Waals surface area contributed by atoms with E-state index in [-0.39, 0.29) is 17.2 Å². The Balaban J connectivity index is 1.70. The van der Waals surface area contributed by atoms with Crippen LogP contribution in [0.3, 0.4) is 0 Å². The summed E-state index contributed by atoms with van der Waals surface area (Å²) in [6.45, 7) is 4.08. The maximum atomic E-state index is 12.5. The molecule has 0 radical (unpaired) electrons. The van der Waals surface area contributed by atoms with Gasteiger partial charge in [-0.25, -0.2) is 0 Å². The zero-order chi connectivity index (χ0) is 17.3. The Morgan fingerprint density at radius 3 is 2.88 bits per heavy atom. The number of nitrogens with one attached hydrogen (secondary N) is 1. The molecule has 2 aromatic heterocycles. The average Bonchev–Trinajstić information content (AvgIpc) is 2.92. The first-order valence-electron chi connectivity index (χ1n) is 8.12. The van der Waals surface area contributed by atoms with Crippen molar-refractivity contribution < 1.29 is 4.79 Å². The minimum atomic E-state index is -0.274. The molecule has 130 valence electrons. The molecule has 0 aliphatic heterocycles. The molecule has 3 atom stereocenters.